The van der Waals surface area contributed by atoms with E-state index in [0.717, 1.165) is 12.2 Å². The molecule has 3 rings (SSSR count). The number of benzene rings is 1. The van der Waals surface area contributed by atoms with Gasteiger partial charge >= 0.3 is 0 Å². The minimum atomic E-state index is -0.129. The number of hydrogen-bond donors (Lipinski definition) is 0. The SMILES string of the molecule is Cc1noc(COCC(=O)N2CC(CN(C)C)Oc3ccccc32)n1. The van der Waals surface area contributed by atoms with Gasteiger partial charge in [0.2, 0.25) is 0 Å². The van der Waals surface area contributed by atoms with E-state index < -0.39 is 0 Å². The Labute approximate surface area is 146 Å². The Kier molecular flexibility index (Phi) is 5.30. The number of aryl methyl sites for hydroxylation is 1. The van der Waals surface area contributed by atoms with Crippen molar-refractivity contribution in [3.63, 3.8) is 0 Å². The maximum Gasteiger partial charge on any atom is 0.253 e. The van der Waals surface area contributed by atoms with Crippen LogP contribution in [0.25, 0.3) is 0 Å². The van der Waals surface area contributed by atoms with Gasteiger partial charge < -0.3 is 23.8 Å². The molecule has 0 spiro atoms. The predicted octanol–water partition coefficient (Wildman–Crippen LogP) is 1.25. The van der Waals surface area contributed by atoms with Crippen LogP contribution in [0, 0.1) is 6.92 Å². The highest BCUT2D eigenvalue weighted by molar-refractivity contribution is 5.96. The van der Waals surface area contributed by atoms with E-state index in [-0.39, 0.29) is 25.2 Å². The Morgan fingerprint density at radius 2 is 2.20 bits per heavy atom. The quantitative estimate of drug-likeness (QED) is 0.778. The molecule has 1 aliphatic rings. The van der Waals surface area contributed by atoms with Crippen LogP contribution in [0.1, 0.15) is 11.7 Å². The second kappa shape index (κ2) is 7.62. The van der Waals surface area contributed by atoms with E-state index >= 15 is 0 Å². The molecule has 0 saturated heterocycles. The zero-order valence-electron chi connectivity index (χ0n) is 14.6. The van der Waals surface area contributed by atoms with Gasteiger partial charge in [0, 0.05) is 6.54 Å². The third-order valence-electron chi connectivity index (χ3n) is 3.73. The van der Waals surface area contributed by atoms with E-state index in [9.17, 15) is 4.79 Å². The molecule has 1 unspecified atom stereocenters. The first kappa shape index (κ1) is 17.4. The molecule has 2 heterocycles. The fourth-order valence-electron chi connectivity index (χ4n) is 2.74. The molecule has 2 aromatic rings. The summed E-state index contributed by atoms with van der Waals surface area (Å²) in [5.41, 5.74) is 0.764. The molecule has 1 aromatic carbocycles. The molecular weight excluding hydrogens is 324 g/mol. The topological polar surface area (TPSA) is 80.9 Å². The molecule has 1 amide bonds. The minimum absolute atomic E-state index is 0.0650. The zero-order chi connectivity index (χ0) is 17.8. The first-order valence-corrected chi connectivity index (χ1v) is 8.10. The number of ether oxygens (including phenoxy) is 2. The first-order valence-electron chi connectivity index (χ1n) is 8.10. The lowest BCUT2D eigenvalue weighted by atomic mass is 10.2. The van der Waals surface area contributed by atoms with Crippen molar-refractivity contribution in [2.45, 2.75) is 19.6 Å². The fourth-order valence-corrected chi connectivity index (χ4v) is 2.74. The number of carbonyl (C=O) groups is 1. The molecule has 1 aliphatic heterocycles. The van der Waals surface area contributed by atoms with E-state index in [0.29, 0.717) is 24.0 Å². The largest absolute Gasteiger partial charge is 0.485 e. The van der Waals surface area contributed by atoms with Gasteiger partial charge in [0.1, 0.15) is 25.1 Å². The number of likely N-dealkylation sites (N-methyl/N-ethyl adjacent to an activating group) is 1. The molecule has 0 fully saturated rings. The lowest BCUT2D eigenvalue weighted by molar-refractivity contribution is -0.124. The molecule has 0 aliphatic carbocycles. The highest BCUT2D eigenvalue weighted by Gasteiger charge is 2.29. The Bertz CT molecular complexity index is 731. The van der Waals surface area contributed by atoms with Crippen molar-refractivity contribution in [3.05, 3.63) is 36.0 Å². The summed E-state index contributed by atoms with van der Waals surface area (Å²) in [6.45, 7) is 2.98. The molecule has 134 valence electrons. The lowest BCUT2D eigenvalue weighted by Gasteiger charge is -2.35. The molecule has 0 saturated carbocycles. The summed E-state index contributed by atoms with van der Waals surface area (Å²) in [5.74, 6) is 1.48. The van der Waals surface area contributed by atoms with Crippen LogP contribution in [0.5, 0.6) is 5.75 Å². The third-order valence-corrected chi connectivity index (χ3v) is 3.73. The summed E-state index contributed by atoms with van der Waals surface area (Å²) < 4.78 is 16.4. The molecule has 0 radical (unpaired) electrons. The Hall–Kier alpha value is -2.45. The summed E-state index contributed by atoms with van der Waals surface area (Å²) in [5, 5.41) is 3.69. The predicted molar refractivity (Wildman–Crippen MR) is 90.5 cm³/mol. The number of nitrogens with zero attached hydrogens (tertiary/aromatic N) is 4. The van der Waals surface area contributed by atoms with Crippen LogP contribution in [0.3, 0.4) is 0 Å². The molecular formula is C17H22N4O4. The van der Waals surface area contributed by atoms with Gasteiger partial charge in [-0.25, -0.2) is 0 Å². The van der Waals surface area contributed by atoms with E-state index in [4.69, 9.17) is 14.0 Å². The molecule has 1 atom stereocenters. The first-order chi connectivity index (χ1) is 12.0. The molecule has 8 nitrogen and oxygen atoms in total. The van der Waals surface area contributed by atoms with Crippen LogP contribution >= 0.6 is 0 Å². The Morgan fingerprint density at radius 3 is 2.92 bits per heavy atom. The lowest BCUT2D eigenvalue weighted by Crippen LogP contribution is -2.48. The van der Waals surface area contributed by atoms with Crippen LogP contribution in [0.15, 0.2) is 28.8 Å². The van der Waals surface area contributed by atoms with E-state index in [1.807, 2.05) is 43.3 Å². The summed E-state index contributed by atoms with van der Waals surface area (Å²) in [7, 11) is 3.96. The average Bonchev–Trinajstić information content (AvgIpc) is 2.98. The van der Waals surface area contributed by atoms with Crippen molar-refractivity contribution in [2.75, 3.05) is 38.7 Å². The van der Waals surface area contributed by atoms with Gasteiger partial charge in [-0.1, -0.05) is 17.3 Å². The standard InChI is InChI=1S/C17H22N4O4/c1-12-18-16(25-19-12)10-23-11-17(22)21-9-13(8-20(2)3)24-15-7-5-4-6-14(15)21/h4-7,13H,8-11H2,1-3H3. The molecule has 25 heavy (non-hydrogen) atoms. The fraction of sp³-hybridized carbons (Fsp3) is 0.471. The summed E-state index contributed by atoms with van der Waals surface area (Å²) in [6, 6.07) is 7.53. The van der Waals surface area contributed by atoms with Gasteiger partial charge in [0.15, 0.2) is 5.82 Å². The second-order valence-electron chi connectivity index (χ2n) is 6.20. The van der Waals surface area contributed by atoms with Crippen molar-refractivity contribution in [2.24, 2.45) is 0 Å². The number of para-hydroxylation sites is 2. The number of hydrogen-bond acceptors (Lipinski definition) is 7. The molecule has 8 heteroatoms. The molecule has 1 aromatic heterocycles. The molecule has 0 bridgehead atoms. The smallest absolute Gasteiger partial charge is 0.253 e. The van der Waals surface area contributed by atoms with Crippen LogP contribution in [-0.4, -0.2) is 60.8 Å². The van der Waals surface area contributed by atoms with Crippen LogP contribution < -0.4 is 9.64 Å². The zero-order valence-corrected chi connectivity index (χ0v) is 14.6. The minimum Gasteiger partial charge on any atom is -0.485 e. The van der Waals surface area contributed by atoms with Crippen molar-refractivity contribution < 1.29 is 18.8 Å². The van der Waals surface area contributed by atoms with Gasteiger partial charge in [-0.3, -0.25) is 4.79 Å². The Morgan fingerprint density at radius 1 is 1.40 bits per heavy atom. The summed E-state index contributed by atoms with van der Waals surface area (Å²) in [6.07, 6.45) is -0.0903. The van der Waals surface area contributed by atoms with Gasteiger partial charge in [-0.05, 0) is 33.2 Å². The Balaban J connectivity index is 1.65. The number of anilines is 1. The monoisotopic (exact) mass is 346 g/mol. The maximum atomic E-state index is 12.7. The highest BCUT2D eigenvalue weighted by Crippen LogP contribution is 2.33. The van der Waals surface area contributed by atoms with Crippen LogP contribution in [0.4, 0.5) is 5.69 Å². The summed E-state index contributed by atoms with van der Waals surface area (Å²) in [4.78, 5) is 20.5. The third kappa shape index (κ3) is 4.34. The normalized spacial score (nSPS) is 16.6. The number of aromatic nitrogens is 2. The number of carbonyl (C=O) groups excluding carboxylic acids is 1. The van der Waals surface area contributed by atoms with Gasteiger partial charge in [0.05, 0.1) is 12.2 Å². The van der Waals surface area contributed by atoms with Gasteiger partial charge in [0.25, 0.3) is 11.8 Å². The van der Waals surface area contributed by atoms with E-state index in [1.54, 1.807) is 11.8 Å². The van der Waals surface area contributed by atoms with E-state index in [1.165, 1.54) is 0 Å². The van der Waals surface area contributed by atoms with Crippen molar-refractivity contribution in [3.8, 4) is 5.75 Å². The average molecular weight is 346 g/mol. The van der Waals surface area contributed by atoms with Gasteiger partial charge in [-0.15, -0.1) is 0 Å². The van der Waals surface area contributed by atoms with Crippen molar-refractivity contribution in [1.82, 2.24) is 15.0 Å². The van der Waals surface area contributed by atoms with Crippen LogP contribution in [0.2, 0.25) is 0 Å². The highest BCUT2D eigenvalue weighted by atomic mass is 16.5. The summed E-state index contributed by atoms with van der Waals surface area (Å²) >= 11 is 0. The second-order valence-corrected chi connectivity index (χ2v) is 6.20. The number of amides is 1. The number of fused-ring (bicyclic) bond motifs is 1. The van der Waals surface area contributed by atoms with Crippen LogP contribution in [-0.2, 0) is 16.1 Å². The van der Waals surface area contributed by atoms with Crippen molar-refractivity contribution in [1.29, 1.82) is 0 Å². The van der Waals surface area contributed by atoms with Gasteiger partial charge in [-0.2, -0.15) is 4.98 Å². The molecule has 0 N–H and O–H groups in total. The van der Waals surface area contributed by atoms with E-state index in [2.05, 4.69) is 10.1 Å². The van der Waals surface area contributed by atoms with Crippen molar-refractivity contribution >= 4 is 11.6 Å². The maximum absolute atomic E-state index is 12.7. The number of rotatable bonds is 6.